The van der Waals surface area contributed by atoms with Crippen LogP contribution in [0.25, 0.3) is 0 Å². The number of nitrogens with one attached hydrogen (secondary N) is 2. The summed E-state index contributed by atoms with van der Waals surface area (Å²) in [5.74, 6) is 0.00486. The highest BCUT2D eigenvalue weighted by molar-refractivity contribution is 9.11. The molecule has 1 rings (SSSR count). The van der Waals surface area contributed by atoms with E-state index in [0.29, 0.717) is 6.54 Å². The largest absolute Gasteiger partial charge is 0.332 e. The number of carbonyl (C=O) groups excluding carboxylic acids is 1. The normalized spacial score (nSPS) is 10.6. The van der Waals surface area contributed by atoms with Crippen molar-refractivity contribution >= 4 is 43.5 Å². The second-order valence-electron chi connectivity index (χ2n) is 4.04. The summed E-state index contributed by atoms with van der Waals surface area (Å²) in [4.78, 5) is 12.7. The van der Waals surface area contributed by atoms with Gasteiger partial charge in [0.1, 0.15) is 0 Å². The Morgan fingerprint density at radius 1 is 1.31 bits per heavy atom. The van der Waals surface area contributed by atoms with Crippen molar-refractivity contribution in [1.29, 1.82) is 0 Å². The zero-order valence-electron chi connectivity index (χ0n) is 9.53. The van der Waals surface area contributed by atoms with Gasteiger partial charge >= 0.3 is 0 Å². The molecule has 1 aromatic rings. The molecule has 16 heavy (non-hydrogen) atoms. The number of amides is 1. The van der Waals surface area contributed by atoms with Crippen LogP contribution in [-0.2, 0) is 4.79 Å². The van der Waals surface area contributed by atoms with Crippen molar-refractivity contribution in [2.24, 2.45) is 0 Å². The summed E-state index contributed by atoms with van der Waals surface area (Å²) in [6, 6.07) is 3.95. The fourth-order valence-electron chi connectivity index (χ4n) is 1.32. The molecule has 0 aliphatic heterocycles. The second-order valence-corrected chi connectivity index (χ2v) is 5.74. The van der Waals surface area contributed by atoms with E-state index in [1.807, 2.05) is 33.2 Å². The van der Waals surface area contributed by atoms with E-state index in [1.54, 1.807) is 0 Å². The quantitative estimate of drug-likeness (QED) is 0.853. The summed E-state index contributed by atoms with van der Waals surface area (Å²) < 4.78 is 1.78. The molecular formula is C11H15Br2N2O+. The number of hydrogen-bond donors (Lipinski definition) is 2. The summed E-state index contributed by atoms with van der Waals surface area (Å²) in [7, 11) is 3.89. The molecule has 1 amide bonds. The van der Waals surface area contributed by atoms with Crippen LogP contribution in [-0.4, -0.2) is 26.5 Å². The van der Waals surface area contributed by atoms with E-state index in [9.17, 15) is 4.79 Å². The molecule has 88 valence electrons. The fraction of sp³-hybridized carbons (Fsp3) is 0.364. The Bertz CT molecular complexity index is 382. The third kappa shape index (κ3) is 3.88. The predicted octanol–water partition coefficient (Wildman–Crippen LogP) is 1.60. The van der Waals surface area contributed by atoms with Gasteiger partial charge < -0.3 is 10.2 Å². The van der Waals surface area contributed by atoms with Crippen LogP contribution in [0.2, 0.25) is 0 Å². The van der Waals surface area contributed by atoms with Crippen LogP contribution >= 0.6 is 31.9 Å². The predicted molar refractivity (Wildman–Crippen MR) is 72.9 cm³/mol. The first-order valence-electron chi connectivity index (χ1n) is 4.94. The van der Waals surface area contributed by atoms with Gasteiger partial charge in [0.15, 0.2) is 6.54 Å². The van der Waals surface area contributed by atoms with Crippen molar-refractivity contribution in [2.45, 2.75) is 6.92 Å². The average molecular weight is 351 g/mol. The van der Waals surface area contributed by atoms with E-state index in [2.05, 4.69) is 37.2 Å². The number of rotatable bonds is 3. The molecule has 0 saturated carbocycles. The molecule has 0 aromatic heterocycles. The fourth-order valence-corrected chi connectivity index (χ4v) is 2.94. The van der Waals surface area contributed by atoms with Crippen molar-refractivity contribution in [3.63, 3.8) is 0 Å². The Balaban J connectivity index is 2.85. The highest BCUT2D eigenvalue weighted by Crippen LogP contribution is 2.32. The highest BCUT2D eigenvalue weighted by atomic mass is 79.9. The lowest BCUT2D eigenvalue weighted by Crippen LogP contribution is -3.06. The number of hydrogen-bond acceptors (Lipinski definition) is 1. The number of aryl methyl sites for hydroxylation is 1. The maximum atomic E-state index is 11.6. The van der Waals surface area contributed by atoms with Gasteiger partial charge in [-0.15, -0.1) is 0 Å². The van der Waals surface area contributed by atoms with Gasteiger partial charge in [-0.2, -0.15) is 0 Å². The van der Waals surface area contributed by atoms with Crippen molar-refractivity contribution in [2.75, 3.05) is 26.0 Å². The van der Waals surface area contributed by atoms with Crippen molar-refractivity contribution in [1.82, 2.24) is 0 Å². The molecule has 5 heteroatoms. The summed E-state index contributed by atoms with van der Waals surface area (Å²) >= 11 is 6.88. The molecule has 0 aliphatic carbocycles. The molecule has 2 N–H and O–H groups in total. The van der Waals surface area contributed by atoms with E-state index in [-0.39, 0.29) is 5.91 Å². The number of halogens is 2. The highest BCUT2D eigenvalue weighted by Gasteiger charge is 2.11. The topological polar surface area (TPSA) is 33.5 Å². The standard InChI is InChI=1S/C11H14Br2N2O/c1-7-4-8(12)11(9(13)5-7)14-10(16)6-15(2)3/h4-5H,6H2,1-3H3,(H,14,16)/p+1. The lowest BCUT2D eigenvalue weighted by Gasteiger charge is -2.12. The lowest BCUT2D eigenvalue weighted by atomic mass is 10.2. The number of carbonyl (C=O) groups is 1. The maximum Gasteiger partial charge on any atom is 0.279 e. The molecule has 0 saturated heterocycles. The lowest BCUT2D eigenvalue weighted by molar-refractivity contribution is -0.849. The Hall–Kier alpha value is -0.390. The zero-order valence-corrected chi connectivity index (χ0v) is 12.7. The van der Waals surface area contributed by atoms with Gasteiger partial charge in [-0.05, 0) is 56.5 Å². The van der Waals surface area contributed by atoms with Crippen LogP contribution in [0.3, 0.4) is 0 Å². The van der Waals surface area contributed by atoms with Crippen LogP contribution in [0.15, 0.2) is 21.1 Å². The Morgan fingerprint density at radius 2 is 1.81 bits per heavy atom. The Morgan fingerprint density at radius 3 is 2.25 bits per heavy atom. The number of benzene rings is 1. The number of likely N-dealkylation sites (N-methyl/N-ethyl adjacent to an activating group) is 1. The van der Waals surface area contributed by atoms with Gasteiger partial charge in [0, 0.05) is 8.95 Å². The van der Waals surface area contributed by atoms with E-state index >= 15 is 0 Å². The van der Waals surface area contributed by atoms with E-state index in [4.69, 9.17) is 0 Å². The van der Waals surface area contributed by atoms with Crippen LogP contribution < -0.4 is 10.2 Å². The molecule has 0 atom stereocenters. The molecular weight excluding hydrogens is 336 g/mol. The van der Waals surface area contributed by atoms with Gasteiger partial charge in [-0.1, -0.05) is 0 Å². The second kappa shape index (κ2) is 5.80. The summed E-state index contributed by atoms with van der Waals surface area (Å²) in [5.41, 5.74) is 1.92. The van der Waals surface area contributed by atoms with E-state index in [1.165, 1.54) is 0 Å². The monoisotopic (exact) mass is 349 g/mol. The molecule has 0 heterocycles. The first kappa shape index (κ1) is 13.7. The van der Waals surface area contributed by atoms with Crippen LogP contribution in [0.5, 0.6) is 0 Å². The Kier molecular flexibility index (Phi) is 4.95. The average Bonchev–Trinajstić information content (AvgIpc) is 2.09. The van der Waals surface area contributed by atoms with Gasteiger partial charge in [0.05, 0.1) is 19.8 Å². The van der Waals surface area contributed by atoms with Gasteiger partial charge in [0.2, 0.25) is 0 Å². The first-order valence-corrected chi connectivity index (χ1v) is 6.53. The molecule has 3 nitrogen and oxygen atoms in total. The van der Waals surface area contributed by atoms with Gasteiger partial charge in [-0.25, -0.2) is 0 Å². The molecule has 0 radical (unpaired) electrons. The summed E-state index contributed by atoms with van der Waals surface area (Å²) in [5, 5.41) is 2.88. The zero-order chi connectivity index (χ0) is 12.3. The van der Waals surface area contributed by atoms with Crippen molar-refractivity contribution in [3.05, 3.63) is 26.6 Å². The molecule has 1 aromatic carbocycles. The number of quaternary nitrogens is 1. The Labute approximate surface area is 112 Å². The van der Waals surface area contributed by atoms with E-state index < -0.39 is 0 Å². The molecule has 0 bridgehead atoms. The summed E-state index contributed by atoms with van der Waals surface area (Å²) in [6.07, 6.45) is 0. The van der Waals surface area contributed by atoms with Crippen LogP contribution in [0, 0.1) is 6.92 Å². The number of anilines is 1. The van der Waals surface area contributed by atoms with Gasteiger partial charge in [0.25, 0.3) is 5.91 Å². The van der Waals surface area contributed by atoms with E-state index in [0.717, 1.165) is 25.1 Å². The minimum atomic E-state index is 0.00486. The molecule has 0 aliphatic rings. The minimum absolute atomic E-state index is 0.00486. The smallest absolute Gasteiger partial charge is 0.279 e. The summed E-state index contributed by atoms with van der Waals surface area (Å²) in [6.45, 7) is 2.46. The molecule has 0 unspecified atom stereocenters. The van der Waals surface area contributed by atoms with Crippen molar-refractivity contribution in [3.8, 4) is 0 Å². The van der Waals surface area contributed by atoms with Crippen molar-refractivity contribution < 1.29 is 9.69 Å². The third-order valence-corrected chi connectivity index (χ3v) is 3.22. The minimum Gasteiger partial charge on any atom is -0.332 e. The first-order chi connectivity index (χ1) is 7.40. The molecule has 0 fully saturated rings. The SMILES string of the molecule is Cc1cc(Br)c(NC(=O)C[NH+](C)C)c(Br)c1. The maximum absolute atomic E-state index is 11.6. The third-order valence-electron chi connectivity index (χ3n) is 1.96. The van der Waals surface area contributed by atoms with Crippen LogP contribution in [0.1, 0.15) is 5.56 Å². The van der Waals surface area contributed by atoms with Gasteiger partial charge in [-0.3, -0.25) is 4.79 Å². The van der Waals surface area contributed by atoms with Crippen LogP contribution in [0.4, 0.5) is 5.69 Å². The molecule has 0 spiro atoms.